The van der Waals surface area contributed by atoms with Crippen molar-refractivity contribution in [1.29, 1.82) is 0 Å². The lowest BCUT2D eigenvalue weighted by Crippen LogP contribution is -1.93. The van der Waals surface area contributed by atoms with Crippen LogP contribution in [0.5, 0.6) is 0 Å². The van der Waals surface area contributed by atoms with Gasteiger partial charge in [0, 0.05) is 49.8 Å². The van der Waals surface area contributed by atoms with Crippen LogP contribution in [-0.4, -0.2) is 13.7 Å². The molecule has 12 rings (SSSR count). The molecule has 0 radical (unpaired) electrons. The highest BCUT2D eigenvalue weighted by Gasteiger charge is 2.18. The Kier molecular flexibility index (Phi) is 6.84. The molecule has 264 valence electrons. The van der Waals surface area contributed by atoms with Crippen LogP contribution in [0.4, 0.5) is 0 Å². The molecule has 0 aliphatic heterocycles. The first-order valence-corrected chi connectivity index (χ1v) is 19.4. The minimum absolute atomic E-state index is 1.07. The molecule has 0 aliphatic carbocycles. The van der Waals surface area contributed by atoms with E-state index in [1.165, 1.54) is 88.0 Å². The van der Waals surface area contributed by atoms with Crippen LogP contribution in [0.2, 0.25) is 0 Å². The van der Waals surface area contributed by atoms with Crippen LogP contribution >= 0.6 is 0 Å². The Labute approximate surface area is 329 Å². The molecule has 0 fully saturated rings. The minimum Gasteiger partial charge on any atom is -0.309 e. The van der Waals surface area contributed by atoms with Crippen molar-refractivity contribution in [2.24, 2.45) is 0 Å². The van der Waals surface area contributed by atoms with E-state index < -0.39 is 0 Å². The van der Waals surface area contributed by atoms with Crippen molar-refractivity contribution in [3.8, 4) is 39.3 Å². The molecule has 3 heterocycles. The average Bonchev–Trinajstić information content (AvgIpc) is 3.92. The van der Waals surface area contributed by atoms with Gasteiger partial charge in [-0.3, -0.25) is 0 Å². The number of rotatable bonds is 5. The zero-order valence-corrected chi connectivity index (χ0v) is 30.9. The predicted molar refractivity (Wildman–Crippen MR) is 238 cm³/mol. The Morgan fingerprint density at radius 3 is 1.02 bits per heavy atom. The van der Waals surface area contributed by atoms with E-state index in [1.807, 2.05) is 12.1 Å². The van der Waals surface area contributed by atoms with Crippen LogP contribution in [0.3, 0.4) is 0 Å². The Morgan fingerprint density at radius 2 is 0.614 bits per heavy atom. The summed E-state index contributed by atoms with van der Waals surface area (Å²) in [5.41, 5.74) is 15.3. The maximum atomic E-state index is 3.19. The van der Waals surface area contributed by atoms with Crippen LogP contribution in [0, 0.1) is 12.1 Å². The minimum atomic E-state index is 1.07. The molecule has 9 aromatic carbocycles. The summed E-state index contributed by atoms with van der Waals surface area (Å²) in [5, 5.41) is 7.42. The fourth-order valence-corrected chi connectivity index (χ4v) is 9.15. The molecule has 0 saturated heterocycles. The molecule has 0 atom stereocenters. The molecule has 0 saturated carbocycles. The van der Waals surface area contributed by atoms with Crippen LogP contribution in [0.1, 0.15) is 0 Å². The summed E-state index contributed by atoms with van der Waals surface area (Å²) < 4.78 is 7.10. The van der Waals surface area contributed by atoms with Crippen molar-refractivity contribution < 1.29 is 0 Å². The van der Waals surface area contributed by atoms with Gasteiger partial charge in [-0.15, -0.1) is 0 Å². The van der Waals surface area contributed by atoms with Gasteiger partial charge >= 0.3 is 0 Å². The Morgan fingerprint density at radius 1 is 0.263 bits per heavy atom. The van der Waals surface area contributed by atoms with Gasteiger partial charge in [-0.2, -0.15) is 0 Å². The third-order valence-electron chi connectivity index (χ3n) is 11.7. The largest absolute Gasteiger partial charge is 0.309 e. The zero-order valence-electron chi connectivity index (χ0n) is 30.9. The normalized spacial score (nSPS) is 11.7. The van der Waals surface area contributed by atoms with Gasteiger partial charge in [0.2, 0.25) is 0 Å². The number of hydrogen-bond acceptors (Lipinski definition) is 0. The molecule has 0 spiro atoms. The lowest BCUT2D eigenvalue weighted by molar-refractivity contribution is 1.18. The molecule has 0 unspecified atom stereocenters. The number of fused-ring (bicyclic) bond motifs is 9. The van der Waals surface area contributed by atoms with E-state index >= 15 is 0 Å². The quantitative estimate of drug-likeness (QED) is 0.168. The van der Waals surface area contributed by atoms with Crippen molar-refractivity contribution >= 4 is 65.4 Å². The molecular weight excluding hydrogens is 691 g/mol. The average molecular weight is 724 g/mol. The van der Waals surface area contributed by atoms with Crippen molar-refractivity contribution in [3.05, 3.63) is 212 Å². The molecule has 3 heteroatoms. The van der Waals surface area contributed by atoms with E-state index in [1.54, 1.807) is 0 Å². The molecule has 0 amide bonds. The van der Waals surface area contributed by atoms with E-state index in [9.17, 15) is 0 Å². The second kappa shape index (κ2) is 12.4. The molecule has 3 nitrogen and oxygen atoms in total. The highest BCUT2D eigenvalue weighted by molar-refractivity contribution is 6.14. The smallest absolute Gasteiger partial charge is 0.0552 e. The van der Waals surface area contributed by atoms with Crippen LogP contribution in [0.15, 0.2) is 200 Å². The van der Waals surface area contributed by atoms with E-state index in [-0.39, 0.29) is 0 Å². The fourth-order valence-electron chi connectivity index (χ4n) is 9.15. The Hall–Kier alpha value is -7.80. The van der Waals surface area contributed by atoms with E-state index in [2.05, 4.69) is 214 Å². The maximum Gasteiger partial charge on any atom is 0.0552 e. The summed E-state index contributed by atoms with van der Waals surface area (Å²) in [6, 6.07) is 78.8. The number of hydrogen-bond donors (Lipinski definition) is 0. The standard InChI is InChI=1S/C54H33N3/c1-4-14-40(15-5-1)55-49-22-12-10-20-43(49)45-32-36(24-28-51(45)55)38-26-30-53-47(34-38)48-35-39(27-31-54(48)57(53)42-18-8-3-9-19-42)37-25-29-52-46(33-37)44-21-11-13-23-50(44)56(52)41-16-6-2-7-17-41/h1-2,4-8,10-35H. The second-order valence-corrected chi connectivity index (χ2v) is 14.8. The summed E-state index contributed by atoms with van der Waals surface area (Å²) >= 11 is 0. The summed E-state index contributed by atoms with van der Waals surface area (Å²) in [5.74, 6) is 0. The number of nitrogens with zero attached hydrogens (tertiary/aromatic N) is 3. The SMILES string of the molecule is c1ccc(-n2c3ccc(-c4ccc5c(c4)c4ccccc4n5-c4ccccc4)cc3c3cc(-c4ccc5c(c4)c4ccccc4n5-c4ccccc4)ccc32)cc#1. The van der Waals surface area contributed by atoms with Crippen LogP contribution < -0.4 is 0 Å². The van der Waals surface area contributed by atoms with Crippen molar-refractivity contribution in [2.75, 3.05) is 0 Å². The lowest BCUT2D eigenvalue weighted by Gasteiger charge is -2.09. The third kappa shape index (κ3) is 4.81. The molecule has 0 aliphatic rings. The first-order valence-electron chi connectivity index (χ1n) is 19.4. The van der Waals surface area contributed by atoms with Crippen molar-refractivity contribution in [2.45, 2.75) is 0 Å². The zero-order chi connectivity index (χ0) is 37.5. The fraction of sp³-hybridized carbons (Fsp3) is 0. The lowest BCUT2D eigenvalue weighted by atomic mass is 9.98. The van der Waals surface area contributed by atoms with Crippen molar-refractivity contribution in [1.82, 2.24) is 13.7 Å². The molecule has 12 aromatic rings. The predicted octanol–water partition coefficient (Wildman–Crippen LogP) is 13.9. The number of benzene rings is 8. The van der Waals surface area contributed by atoms with Gasteiger partial charge in [-0.05, 0) is 119 Å². The summed E-state index contributed by atoms with van der Waals surface area (Å²) in [6.07, 6.45) is 0. The number of para-hydroxylation sites is 4. The monoisotopic (exact) mass is 723 g/mol. The van der Waals surface area contributed by atoms with Gasteiger partial charge in [0.15, 0.2) is 0 Å². The summed E-state index contributed by atoms with van der Waals surface area (Å²) in [4.78, 5) is 0. The maximum absolute atomic E-state index is 3.19. The second-order valence-electron chi connectivity index (χ2n) is 14.8. The van der Waals surface area contributed by atoms with Gasteiger partial charge in [0.25, 0.3) is 0 Å². The Bertz CT molecular complexity index is 3280. The van der Waals surface area contributed by atoms with Gasteiger partial charge in [-0.1, -0.05) is 109 Å². The van der Waals surface area contributed by atoms with Gasteiger partial charge in [0.1, 0.15) is 0 Å². The van der Waals surface area contributed by atoms with Gasteiger partial charge < -0.3 is 13.7 Å². The molecule has 3 aromatic heterocycles. The highest BCUT2D eigenvalue weighted by Crippen LogP contribution is 2.41. The molecule has 0 bridgehead atoms. The summed E-state index contributed by atoms with van der Waals surface area (Å²) in [6.45, 7) is 0. The summed E-state index contributed by atoms with van der Waals surface area (Å²) in [7, 11) is 0. The third-order valence-corrected chi connectivity index (χ3v) is 11.7. The Balaban J connectivity index is 1.05. The first-order chi connectivity index (χ1) is 28.3. The molecule has 57 heavy (non-hydrogen) atoms. The number of aromatic nitrogens is 3. The van der Waals surface area contributed by atoms with Gasteiger partial charge in [-0.25, -0.2) is 0 Å². The topological polar surface area (TPSA) is 14.8 Å². The van der Waals surface area contributed by atoms with Crippen molar-refractivity contribution in [3.63, 3.8) is 0 Å². The first kappa shape index (κ1) is 31.5. The van der Waals surface area contributed by atoms with Crippen LogP contribution in [-0.2, 0) is 0 Å². The van der Waals surface area contributed by atoms with Gasteiger partial charge in [0.05, 0.1) is 38.8 Å². The van der Waals surface area contributed by atoms with E-state index in [0.29, 0.717) is 0 Å². The molecule has 0 N–H and O–H groups in total. The van der Waals surface area contributed by atoms with E-state index in [4.69, 9.17) is 0 Å². The van der Waals surface area contributed by atoms with Crippen LogP contribution in [0.25, 0.3) is 105 Å². The highest BCUT2D eigenvalue weighted by atomic mass is 15.0. The molecular formula is C54H33N3. The van der Waals surface area contributed by atoms with E-state index in [0.717, 1.165) is 16.7 Å².